The zero-order chi connectivity index (χ0) is 23.7. The number of aromatic nitrogens is 1. The van der Waals surface area contributed by atoms with Crippen LogP contribution >= 0.6 is 11.6 Å². The number of methoxy groups -OCH3 is 1. The minimum absolute atomic E-state index is 0.0449. The normalized spacial score (nSPS) is 11.9. The molecule has 0 radical (unpaired) electrons. The summed E-state index contributed by atoms with van der Waals surface area (Å²) >= 11 is 6.16. The summed E-state index contributed by atoms with van der Waals surface area (Å²) in [7, 11) is 1.26. The van der Waals surface area contributed by atoms with Crippen molar-refractivity contribution in [1.82, 2.24) is 10.3 Å². The average molecular weight is 462 g/mol. The summed E-state index contributed by atoms with van der Waals surface area (Å²) in [6, 6.07) is 7.85. The molecule has 0 aliphatic heterocycles. The molecular formula is C23H28ClN3O5. The van der Waals surface area contributed by atoms with Gasteiger partial charge in [0.1, 0.15) is 11.6 Å². The summed E-state index contributed by atoms with van der Waals surface area (Å²) in [6.45, 7) is 5.15. The van der Waals surface area contributed by atoms with Crippen molar-refractivity contribution in [3.8, 4) is 0 Å². The molecule has 1 aromatic carbocycles. The first-order valence-electron chi connectivity index (χ1n) is 10.1. The van der Waals surface area contributed by atoms with Gasteiger partial charge in [-0.05, 0) is 62.6 Å². The summed E-state index contributed by atoms with van der Waals surface area (Å²) in [4.78, 5) is 41.0. The number of nitrogens with zero attached hydrogens (tertiary/aromatic N) is 1. The Labute approximate surface area is 192 Å². The molecule has 1 heterocycles. The number of alkyl carbamates (subject to hydrolysis) is 1. The summed E-state index contributed by atoms with van der Waals surface area (Å²) in [5.41, 5.74) is 1.53. The van der Waals surface area contributed by atoms with Crippen LogP contribution in [0.3, 0.4) is 0 Å². The van der Waals surface area contributed by atoms with E-state index in [1.165, 1.54) is 7.11 Å². The predicted molar refractivity (Wildman–Crippen MR) is 122 cm³/mol. The van der Waals surface area contributed by atoms with Gasteiger partial charge in [-0.25, -0.2) is 4.79 Å². The molecule has 1 aromatic heterocycles. The van der Waals surface area contributed by atoms with Gasteiger partial charge in [-0.1, -0.05) is 17.7 Å². The van der Waals surface area contributed by atoms with Crippen LogP contribution in [0.2, 0.25) is 5.02 Å². The lowest BCUT2D eigenvalue weighted by atomic mass is 10.0. The van der Waals surface area contributed by atoms with Gasteiger partial charge in [-0.2, -0.15) is 0 Å². The third-order valence-electron chi connectivity index (χ3n) is 4.31. The van der Waals surface area contributed by atoms with E-state index in [9.17, 15) is 14.4 Å². The summed E-state index contributed by atoms with van der Waals surface area (Å²) in [5, 5.41) is 5.89. The van der Waals surface area contributed by atoms with Crippen LogP contribution in [0, 0.1) is 0 Å². The molecule has 172 valence electrons. The van der Waals surface area contributed by atoms with Crippen molar-refractivity contribution in [3.63, 3.8) is 0 Å². The van der Waals surface area contributed by atoms with Crippen LogP contribution in [0.25, 0.3) is 0 Å². The topological polar surface area (TPSA) is 107 Å². The number of pyridine rings is 1. The average Bonchev–Trinajstić information content (AvgIpc) is 2.72. The van der Waals surface area contributed by atoms with Crippen molar-refractivity contribution in [2.75, 3.05) is 12.4 Å². The highest BCUT2D eigenvalue weighted by Crippen LogP contribution is 2.24. The number of hydrogen-bond donors (Lipinski definition) is 2. The number of benzene rings is 1. The summed E-state index contributed by atoms with van der Waals surface area (Å²) < 4.78 is 9.90. The maximum absolute atomic E-state index is 13.0. The molecule has 0 fully saturated rings. The molecule has 0 aliphatic rings. The van der Waals surface area contributed by atoms with Crippen molar-refractivity contribution in [1.29, 1.82) is 0 Å². The van der Waals surface area contributed by atoms with Crippen LogP contribution in [-0.2, 0) is 25.5 Å². The second-order valence-electron chi connectivity index (χ2n) is 8.14. The van der Waals surface area contributed by atoms with E-state index in [0.717, 1.165) is 11.1 Å². The first-order chi connectivity index (χ1) is 15.1. The fourth-order valence-corrected chi connectivity index (χ4v) is 3.05. The monoisotopic (exact) mass is 461 g/mol. The minimum Gasteiger partial charge on any atom is -0.469 e. The largest absolute Gasteiger partial charge is 0.469 e. The van der Waals surface area contributed by atoms with Crippen LogP contribution < -0.4 is 10.6 Å². The zero-order valence-electron chi connectivity index (χ0n) is 18.6. The molecule has 0 bridgehead atoms. The number of rotatable bonds is 8. The molecular weight excluding hydrogens is 434 g/mol. The third-order valence-corrected chi connectivity index (χ3v) is 4.55. The Bertz CT molecular complexity index is 944. The molecule has 0 spiro atoms. The summed E-state index contributed by atoms with van der Waals surface area (Å²) in [6.07, 6.45) is 3.15. The Balaban J connectivity index is 2.20. The van der Waals surface area contributed by atoms with Gasteiger partial charge >= 0.3 is 12.1 Å². The van der Waals surface area contributed by atoms with E-state index in [2.05, 4.69) is 20.4 Å². The molecule has 2 aromatic rings. The standard InChI is InChI=1S/C23H28ClN3O5/c1-23(2,3)32-22(30)27-19(9-10-20(28)31-4)21(29)26-18-8-7-17(24)13-16(18)12-15-6-5-11-25-14-15/h5-8,11,13-14,19H,9-10,12H2,1-4H3,(H,26,29)(H,27,30)/t19-/m0/s1. The molecule has 2 rings (SSSR count). The first kappa shape index (κ1) is 25.1. The lowest BCUT2D eigenvalue weighted by Crippen LogP contribution is -2.46. The van der Waals surface area contributed by atoms with Gasteiger partial charge in [0, 0.05) is 35.9 Å². The maximum atomic E-state index is 13.0. The molecule has 0 unspecified atom stereocenters. The number of halogens is 1. The number of carbonyl (C=O) groups is 3. The Hall–Kier alpha value is -3.13. The van der Waals surface area contributed by atoms with E-state index in [-0.39, 0.29) is 12.8 Å². The highest BCUT2D eigenvalue weighted by molar-refractivity contribution is 6.30. The van der Waals surface area contributed by atoms with Gasteiger partial charge in [0.05, 0.1) is 7.11 Å². The van der Waals surface area contributed by atoms with Crippen molar-refractivity contribution < 1.29 is 23.9 Å². The highest BCUT2D eigenvalue weighted by Gasteiger charge is 2.26. The Morgan fingerprint density at radius 3 is 2.56 bits per heavy atom. The van der Waals surface area contributed by atoms with Crippen molar-refractivity contribution in [2.24, 2.45) is 0 Å². The quantitative estimate of drug-likeness (QED) is 0.573. The molecule has 8 nitrogen and oxygen atoms in total. The third kappa shape index (κ3) is 8.55. The molecule has 32 heavy (non-hydrogen) atoms. The number of ether oxygens (including phenoxy) is 2. The maximum Gasteiger partial charge on any atom is 0.408 e. The van der Waals surface area contributed by atoms with Gasteiger partial charge in [-0.3, -0.25) is 14.6 Å². The van der Waals surface area contributed by atoms with Crippen molar-refractivity contribution >= 4 is 35.3 Å². The van der Waals surface area contributed by atoms with E-state index in [4.69, 9.17) is 16.3 Å². The van der Waals surface area contributed by atoms with Gasteiger partial charge in [0.25, 0.3) is 0 Å². The predicted octanol–water partition coefficient (Wildman–Crippen LogP) is 4.11. The fourth-order valence-electron chi connectivity index (χ4n) is 2.86. The van der Waals surface area contributed by atoms with Crippen LogP contribution in [0.1, 0.15) is 44.7 Å². The Morgan fingerprint density at radius 1 is 1.19 bits per heavy atom. The van der Waals surface area contributed by atoms with E-state index < -0.39 is 29.6 Å². The van der Waals surface area contributed by atoms with Gasteiger partial charge in [-0.15, -0.1) is 0 Å². The Morgan fingerprint density at radius 2 is 1.94 bits per heavy atom. The van der Waals surface area contributed by atoms with Crippen LogP contribution in [0.15, 0.2) is 42.7 Å². The number of nitrogens with one attached hydrogen (secondary N) is 2. The smallest absolute Gasteiger partial charge is 0.408 e. The van der Waals surface area contributed by atoms with Crippen LogP contribution in [-0.4, -0.2) is 41.7 Å². The van der Waals surface area contributed by atoms with Gasteiger partial charge in [0.2, 0.25) is 5.91 Å². The number of anilines is 1. The molecule has 2 N–H and O–H groups in total. The highest BCUT2D eigenvalue weighted by atomic mass is 35.5. The number of hydrogen-bond acceptors (Lipinski definition) is 6. The molecule has 1 atom stereocenters. The van der Waals surface area contributed by atoms with E-state index in [0.29, 0.717) is 17.1 Å². The second-order valence-corrected chi connectivity index (χ2v) is 8.58. The van der Waals surface area contributed by atoms with Crippen molar-refractivity contribution in [2.45, 2.75) is 51.7 Å². The van der Waals surface area contributed by atoms with Gasteiger partial charge in [0.15, 0.2) is 0 Å². The van der Waals surface area contributed by atoms with Crippen LogP contribution in [0.4, 0.5) is 10.5 Å². The molecule has 0 aliphatic carbocycles. The van der Waals surface area contributed by atoms with Crippen molar-refractivity contribution in [3.05, 3.63) is 58.9 Å². The lowest BCUT2D eigenvalue weighted by Gasteiger charge is -2.23. The second kappa shape index (κ2) is 11.5. The number of esters is 1. The van der Waals surface area contributed by atoms with Crippen LogP contribution in [0.5, 0.6) is 0 Å². The molecule has 2 amide bonds. The molecule has 0 saturated carbocycles. The fraction of sp³-hybridized carbons (Fsp3) is 0.391. The zero-order valence-corrected chi connectivity index (χ0v) is 19.4. The molecule has 0 saturated heterocycles. The molecule has 9 heteroatoms. The summed E-state index contributed by atoms with van der Waals surface area (Å²) in [5.74, 6) is -0.980. The van der Waals surface area contributed by atoms with E-state index >= 15 is 0 Å². The first-order valence-corrected chi connectivity index (χ1v) is 10.5. The van der Waals surface area contributed by atoms with Gasteiger partial charge < -0.3 is 20.1 Å². The Kier molecular flexibility index (Phi) is 9.02. The number of carbonyl (C=O) groups excluding carboxylic acids is 3. The SMILES string of the molecule is COC(=O)CC[C@H](NC(=O)OC(C)(C)C)C(=O)Nc1ccc(Cl)cc1Cc1cccnc1. The van der Waals surface area contributed by atoms with E-state index in [1.54, 1.807) is 51.4 Å². The lowest BCUT2D eigenvalue weighted by molar-refractivity contribution is -0.140. The number of amides is 2. The minimum atomic E-state index is -1.01. The van der Waals surface area contributed by atoms with E-state index in [1.807, 2.05) is 12.1 Å².